The van der Waals surface area contributed by atoms with Gasteiger partial charge < -0.3 is 5.11 Å². The van der Waals surface area contributed by atoms with Crippen LogP contribution in [0.4, 0.5) is 0 Å². The van der Waals surface area contributed by atoms with E-state index < -0.39 is 5.97 Å². The van der Waals surface area contributed by atoms with Crippen molar-refractivity contribution in [2.75, 3.05) is 0 Å². The number of carboxylic acids is 1. The number of aryl methyl sites for hydroxylation is 2. The monoisotopic (exact) mass is 311 g/mol. The van der Waals surface area contributed by atoms with Crippen molar-refractivity contribution in [1.29, 1.82) is 0 Å². The van der Waals surface area contributed by atoms with Gasteiger partial charge in [0.1, 0.15) is 5.15 Å². The van der Waals surface area contributed by atoms with Crippen molar-refractivity contribution in [2.24, 2.45) is 13.0 Å². The lowest BCUT2D eigenvalue weighted by Crippen LogP contribution is -2.12. The van der Waals surface area contributed by atoms with Crippen LogP contribution in [0.15, 0.2) is 0 Å². The van der Waals surface area contributed by atoms with Crippen molar-refractivity contribution >= 4 is 17.6 Å². The summed E-state index contributed by atoms with van der Waals surface area (Å²) in [6, 6.07) is 0. The first-order valence-electron chi connectivity index (χ1n) is 6.64. The summed E-state index contributed by atoms with van der Waals surface area (Å²) in [6.45, 7) is 6.26. The zero-order chi connectivity index (χ0) is 15.7. The second-order valence-electron chi connectivity index (χ2n) is 5.42. The van der Waals surface area contributed by atoms with Gasteiger partial charge in [0.2, 0.25) is 0 Å². The topological polar surface area (TPSA) is 85.8 Å². The SMILES string of the molecule is Cc1nn(C)c(Cl)c1Cn1nnc(C(=O)O)c1CC(C)C. The van der Waals surface area contributed by atoms with E-state index in [9.17, 15) is 9.90 Å². The van der Waals surface area contributed by atoms with Gasteiger partial charge in [0.15, 0.2) is 5.69 Å². The van der Waals surface area contributed by atoms with Gasteiger partial charge in [-0.1, -0.05) is 30.7 Å². The molecule has 7 nitrogen and oxygen atoms in total. The molecule has 2 heterocycles. The average Bonchev–Trinajstić information content (AvgIpc) is 2.86. The first-order valence-corrected chi connectivity index (χ1v) is 7.02. The first-order chi connectivity index (χ1) is 9.81. The number of nitrogens with zero attached hydrogens (tertiary/aromatic N) is 5. The lowest BCUT2D eigenvalue weighted by Gasteiger charge is -2.09. The molecule has 0 aliphatic heterocycles. The van der Waals surface area contributed by atoms with Gasteiger partial charge in [-0.2, -0.15) is 5.10 Å². The molecule has 0 saturated carbocycles. The van der Waals surface area contributed by atoms with Crippen LogP contribution in [0, 0.1) is 12.8 Å². The number of hydrogen-bond donors (Lipinski definition) is 1. The number of hydrogen-bond acceptors (Lipinski definition) is 4. The molecular formula is C13H18ClN5O2. The van der Waals surface area contributed by atoms with Crippen LogP contribution in [0.2, 0.25) is 5.15 Å². The third-order valence-corrected chi connectivity index (χ3v) is 3.69. The van der Waals surface area contributed by atoms with E-state index in [1.54, 1.807) is 16.4 Å². The highest BCUT2D eigenvalue weighted by molar-refractivity contribution is 6.30. The highest BCUT2D eigenvalue weighted by atomic mass is 35.5. The minimum Gasteiger partial charge on any atom is -0.476 e. The van der Waals surface area contributed by atoms with Crippen LogP contribution < -0.4 is 0 Å². The number of rotatable bonds is 5. The predicted molar refractivity (Wildman–Crippen MR) is 77.6 cm³/mol. The lowest BCUT2D eigenvalue weighted by atomic mass is 10.1. The van der Waals surface area contributed by atoms with E-state index in [1.165, 1.54) is 0 Å². The standard InChI is InChI=1S/C13H18ClN5O2/c1-7(2)5-10-11(13(20)21)15-17-19(10)6-9-8(3)16-18(4)12(9)14/h7H,5-6H2,1-4H3,(H,20,21). The van der Waals surface area contributed by atoms with Gasteiger partial charge in [-0.05, 0) is 19.3 Å². The van der Waals surface area contributed by atoms with Crippen LogP contribution in [0.5, 0.6) is 0 Å². The molecule has 21 heavy (non-hydrogen) atoms. The Kier molecular flexibility index (Phi) is 4.32. The lowest BCUT2D eigenvalue weighted by molar-refractivity contribution is 0.0689. The molecule has 0 aromatic carbocycles. The van der Waals surface area contributed by atoms with Gasteiger partial charge in [-0.15, -0.1) is 5.10 Å². The molecule has 0 aliphatic rings. The quantitative estimate of drug-likeness (QED) is 0.911. The van der Waals surface area contributed by atoms with Gasteiger partial charge in [0.05, 0.1) is 17.9 Å². The minimum atomic E-state index is -1.06. The smallest absolute Gasteiger partial charge is 0.358 e. The van der Waals surface area contributed by atoms with Crippen molar-refractivity contribution in [3.05, 3.63) is 27.8 Å². The maximum atomic E-state index is 11.2. The summed E-state index contributed by atoms with van der Waals surface area (Å²) in [6.07, 6.45) is 0.589. The number of carbonyl (C=O) groups is 1. The van der Waals surface area contributed by atoms with Gasteiger partial charge in [0.25, 0.3) is 0 Å². The highest BCUT2D eigenvalue weighted by Gasteiger charge is 2.21. The van der Waals surface area contributed by atoms with Crippen LogP contribution in [0.1, 0.15) is 41.3 Å². The Bertz CT molecular complexity index is 674. The number of halogens is 1. The second-order valence-corrected chi connectivity index (χ2v) is 5.78. The van der Waals surface area contributed by atoms with E-state index in [2.05, 4.69) is 15.4 Å². The predicted octanol–water partition coefficient (Wildman–Crippen LogP) is 1.92. The maximum absolute atomic E-state index is 11.2. The molecular weight excluding hydrogens is 294 g/mol. The van der Waals surface area contributed by atoms with Gasteiger partial charge in [0, 0.05) is 12.6 Å². The van der Waals surface area contributed by atoms with E-state index in [-0.39, 0.29) is 5.69 Å². The molecule has 2 rings (SSSR count). The van der Waals surface area contributed by atoms with Crippen LogP contribution in [-0.4, -0.2) is 35.9 Å². The van der Waals surface area contributed by atoms with Crippen LogP contribution in [-0.2, 0) is 20.0 Å². The zero-order valence-electron chi connectivity index (χ0n) is 12.5. The van der Waals surface area contributed by atoms with Crippen LogP contribution >= 0.6 is 11.6 Å². The third kappa shape index (κ3) is 3.07. The van der Waals surface area contributed by atoms with Crippen molar-refractivity contribution in [2.45, 2.75) is 33.7 Å². The Morgan fingerprint density at radius 2 is 2.10 bits per heavy atom. The summed E-state index contributed by atoms with van der Waals surface area (Å²) in [7, 11) is 1.76. The molecule has 0 spiro atoms. The number of aromatic carboxylic acids is 1. The Morgan fingerprint density at radius 1 is 1.43 bits per heavy atom. The molecule has 0 aliphatic carbocycles. The minimum absolute atomic E-state index is 0.00126. The van der Waals surface area contributed by atoms with E-state index in [4.69, 9.17) is 11.6 Å². The summed E-state index contributed by atoms with van der Waals surface area (Å²) >= 11 is 6.21. The van der Waals surface area contributed by atoms with Crippen molar-refractivity contribution in [3.63, 3.8) is 0 Å². The van der Waals surface area contributed by atoms with Gasteiger partial charge in [-0.25, -0.2) is 9.48 Å². The molecule has 1 N–H and O–H groups in total. The maximum Gasteiger partial charge on any atom is 0.358 e. The van der Waals surface area contributed by atoms with Gasteiger partial charge >= 0.3 is 5.97 Å². The van der Waals surface area contributed by atoms with Gasteiger partial charge in [-0.3, -0.25) is 4.68 Å². The van der Waals surface area contributed by atoms with E-state index in [0.717, 1.165) is 11.3 Å². The second kappa shape index (κ2) is 5.85. The molecule has 114 valence electrons. The summed E-state index contributed by atoms with van der Waals surface area (Å²) in [5.74, 6) is -0.767. The Morgan fingerprint density at radius 3 is 2.57 bits per heavy atom. The molecule has 0 radical (unpaired) electrons. The third-order valence-electron chi connectivity index (χ3n) is 3.22. The summed E-state index contributed by atoms with van der Waals surface area (Å²) in [5, 5.41) is 21.7. The molecule has 8 heteroatoms. The molecule has 2 aromatic heterocycles. The molecule has 0 bridgehead atoms. The molecule has 0 amide bonds. The van der Waals surface area contributed by atoms with Crippen LogP contribution in [0.25, 0.3) is 0 Å². The first kappa shape index (κ1) is 15.5. The van der Waals surface area contributed by atoms with Crippen molar-refractivity contribution < 1.29 is 9.90 Å². The Hall–Kier alpha value is -1.89. The summed E-state index contributed by atoms with van der Waals surface area (Å²) in [5.41, 5.74) is 2.23. The molecule has 2 aromatic rings. The summed E-state index contributed by atoms with van der Waals surface area (Å²) in [4.78, 5) is 11.2. The van der Waals surface area contributed by atoms with E-state index in [1.807, 2.05) is 20.8 Å². The Labute approximate surface area is 127 Å². The molecule has 0 fully saturated rings. The van der Waals surface area contributed by atoms with Crippen LogP contribution in [0.3, 0.4) is 0 Å². The van der Waals surface area contributed by atoms with Crippen molar-refractivity contribution in [1.82, 2.24) is 24.8 Å². The zero-order valence-corrected chi connectivity index (χ0v) is 13.2. The largest absolute Gasteiger partial charge is 0.476 e. The normalized spacial score (nSPS) is 11.3. The fraction of sp³-hybridized carbons (Fsp3) is 0.538. The molecule has 0 atom stereocenters. The number of carboxylic acid groups (broad SMARTS) is 1. The van der Waals surface area contributed by atoms with Crippen molar-refractivity contribution in [3.8, 4) is 0 Å². The fourth-order valence-electron chi connectivity index (χ4n) is 2.22. The van der Waals surface area contributed by atoms with E-state index >= 15 is 0 Å². The molecule has 0 saturated heterocycles. The highest BCUT2D eigenvalue weighted by Crippen LogP contribution is 2.21. The average molecular weight is 312 g/mol. The molecule has 0 unspecified atom stereocenters. The number of aromatic nitrogens is 5. The fourth-order valence-corrected chi connectivity index (χ4v) is 2.45. The summed E-state index contributed by atoms with van der Waals surface area (Å²) < 4.78 is 3.18. The Balaban J connectivity index is 2.42. The van der Waals surface area contributed by atoms with E-state index in [0.29, 0.717) is 29.7 Å².